The summed E-state index contributed by atoms with van der Waals surface area (Å²) in [5.74, 6) is -0.403. The zero-order chi connectivity index (χ0) is 18.1. The lowest BCUT2D eigenvalue weighted by molar-refractivity contribution is 0.0475. The number of hydrogen-bond donors (Lipinski definition) is 1. The van der Waals surface area contributed by atoms with Gasteiger partial charge in [-0.05, 0) is 43.2 Å². The summed E-state index contributed by atoms with van der Waals surface area (Å²) in [6, 6.07) is 8.06. The third kappa shape index (κ3) is 3.01. The fourth-order valence-corrected chi connectivity index (χ4v) is 3.27. The van der Waals surface area contributed by atoms with Crippen LogP contribution in [0.1, 0.15) is 49.7 Å². The molecular weight excluding hydrogens is 336 g/mol. The van der Waals surface area contributed by atoms with Gasteiger partial charge in [0.15, 0.2) is 0 Å². The molecule has 0 spiro atoms. The molecule has 0 unspecified atom stereocenters. The molecule has 3 amide bonds. The summed E-state index contributed by atoms with van der Waals surface area (Å²) >= 11 is 0. The van der Waals surface area contributed by atoms with E-state index in [2.05, 4.69) is 5.32 Å². The van der Waals surface area contributed by atoms with Gasteiger partial charge < -0.3 is 14.5 Å². The maximum absolute atomic E-state index is 12.6. The highest BCUT2D eigenvalue weighted by Gasteiger charge is 2.37. The lowest BCUT2D eigenvalue weighted by atomic mass is 10.1. The van der Waals surface area contributed by atoms with Crippen molar-refractivity contribution in [2.45, 2.75) is 25.5 Å². The van der Waals surface area contributed by atoms with Crippen LogP contribution in [0.4, 0.5) is 0 Å². The van der Waals surface area contributed by atoms with Crippen molar-refractivity contribution in [1.82, 2.24) is 10.2 Å². The first-order valence-corrected chi connectivity index (χ1v) is 8.56. The summed E-state index contributed by atoms with van der Waals surface area (Å²) in [7, 11) is 0. The number of benzene rings is 1. The minimum atomic E-state index is -0.374. The Morgan fingerprint density at radius 2 is 2.04 bits per heavy atom. The van der Waals surface area contributed by atoms with Crippen LogP contribution >= 0.6 is 0 Å². The summed E-state index contributed by atoms with van der Waals surface area (Å²) < 4.78 is 10.7. The molecule has 2 aliphatic rings. The summed E-state index contributed by atoms with van der Waals surface area (Å²) in [6.07, 6.45) is 3.21. The van der Waals surface area contributed by atoms with E-state index in [0.717, 1.165) is 12.8 Å². The van der Waals surface area contributed by atoms with Crippen molar-refractivity contribution < 1.29 is 23.5 Å². The van der Waals surface area contributed by atoms with Gasteiger partial charge in [0, 0.05) is 12.2 Å². The van der Waals surface area contributed by atoms with Crippen molar-refractivity contribution in [3.05, 3.63) is 59.0 Å². The summed E-state index contributed by atoms with van der Waals surface area (Å²) in [6.45, 7) is 1.17. The van der Waals surface area contributed by atoms with Crippen LogP contribution in [0.25, 0.3) is 0 Å². The predicted molar refractivity (Wildman–Crippen MR) is 90.7 cm³/mol. The zero-order valence-electron chi connectivity index (χ0n) is 14.1. The minimum Gasteiger partial charge on any atom is -0.467 e. The molecule has 1 saturated heterocycles. The van der Waals surface area contributed by atoms with Gasteiger partial charge in [0.2, 0.25) is 0 Å². The van der Waals surface area contributed by atoms with Crippen molar-refractivity contribution >= 4 is 17.7 Å². The predicted octanol–water partition coefficient (Wildman–Crippen LogP) is 1.98. The molecule has 1 aromatic heterocycles. The van der Waals surface area contributed by atoms with E-state index in [1.165, 1.54) is 23.3 Å². The molecular formula is C19H18N2O5. The van der Waals surface area contributed by atoms with Crippen molar-refractivity contribution in [3.8, 4) is 0 Å². The van der Waals surface area contributed by atoms with Crippen LogP contribution in [-0.2, 0) is 11.3 Å². The number of carbonyl (C=O) groups is 3. The summed E-state index contributed by atoms with van der Waals surface area (Å²) in [4.78, 5) is 38.6. The van der Waals surface area contributed by atoms with Crippen LogP contribution in [0.3, 0.4) is 0 Å². The van der Waals surface area contributed by atoms with Gasteiger partial charge in [-0.25, -0.2) is 0 Å². The van der Waals surface area contributed by atoms with Crippen LogP contribution in [0.5, 0.6) is 0 Å². The molecule has 2 aliphatic heterocycles. The Bertz CT molecular complexity index is 853. The number of hydrogen-bond acceptors (Lipinski definition) is 5. The van der Waals surface area contributed by atoms with E-state index in [-0.39, 0.29) is 42.5 Å². The van der Waals surface area contributed by atoms with Gasteiger partial charge in [0.25, 0.3) is 17.7 Å². The Hall–Kier alpha value is -2.93. The number of nitrogens with zero attached hydrogens (tertiary/aromatic N) is 1. The Balaban J connectivity index is 1.48. The standard InChI is InChI=1S/C19H18N2O5/c22-17(20-10-13-3-1-7-25-13)12-5-6-15-16(9-12)19(24)21(18(15)23)11-14-4-2-8-26-14/h1,3,5-7,9,14H,2,4,8,10-11H2,(H,20,22)/t14-/m1/s1. The molecule has 134 valence electrons. The Labute approximate surface area is 149 Å². The van der Waals surface area contributed by atoms with Crippen LogP contribution < -0.4 is 5.32 Å². The quantitative estimate of drug-likeness (QED) is 0.830. The smallest absolute Gasteiger partial charge is 0.261 e. The molecule has 1 N–H and O–H groups in total. The molecule has 0 radical (unpaired) electrons. The van der Waals surface area contributed by atoms with E-state index in [1.54, 1.807) is 18.2 Å². The highest BCUT2D eigenvalue weighted by molar-refractivity contribution is 6.22. The molecule has 1 atom stereocenters. The topological polar surface area (TPSA) is 88.8 Å². The second kappa shape index (κ2) is 6.76. The fraction of sp³-hybridized carbons (Fsp3) is 0.316. The van der Waals surface area contributed by atoms with E-state index < -0.39 is 0 Å². The molecule has 0 aliphatic carbocycles. The van der Waals surface area contributed by atoms with Crippen LogP contribution in [0, 0.1) is 0 Å². The van der Waals surface area contributed by atoms with Crippen molar-refractivity contribution in [3.63, 3.8) is 0 Å². The summed E-state index contributed by atoms with van der Waals surface area (Å²) in [5, 5.41) is 2.73. The van der Waals surface area contributed by atoms with Crippen LogP contribution in [-0.4, -0.2) is 41.9 Å². The average Bonchev–Trinajstić information content (AvgIpc) is 3.39. The van der Waals surface area contributed by atoms with Gasteiger partial charge >= 0.3 is 0 Å². The number of imide groups is 1. The van der Waals surface area contributed by atoms with Gasteiger partial charge in [0.05, 0.1) is 36.6 Å². The number of ether oxygens (including phenoxy) is 1. The second-order valence-corrected chi connectivity index (χ2v) is 6.38. The molecule has 3 heterocycles. The van der Waals surface area contributed by atoms with Crippen molar-refractivity contribution in [1.29, 1.82) is 0 Å². The SMILES string of the molecule is O=C(NCc1ccco1)c1ccc2c(c1)C(=O)N(C[C@H]1CCCO1)C2=O. The zero-order valence-corrected chi connectivity index (χ0v) is 14.1. The molecule has 0 bridgehead atoms. The maximum atomic E-state index is 12.6. The van der Waals surface area contributed by atoms with Crippen molar-refractivity contribution in [2.75, 3.05) is 13.2 Å². The van der Waals surface area contributed by atoms with E-state index in [9.17, 15) is 14.4 Å². The normalized spacial score (nSPS) is 19.1. The third-order valence-electron chi connectivity index (χ3n) is 4.65. The Morgan fingerprint density at radius 1 is 1.19 bits per heavy atom. The van der Waals surface area contributed by atoms with E-state index >= 15 is 0 Å². The molecule has 2 aromatic rings. The molecule has 1 aromatic carbocycles. The summed E-state index contributed by atoms with van der Waals surface area (Å²) in [5.41, 5.74) is 0.921. The monoisotopic (exact) mass is 354 g/mol. The fourth-order valence-electron chi connectivity index (χ4n) is 3.27. The lowest BCUT2D eigenvalue weighted by Gasteiger charge is -2.17. The van der Waals surface area contributed by atoms with E-state index in [1.807, 2.05) is 0 Å². The third-order valence-corrected chi connectivity index (χ3v) is 4.65. The lowest BCUT2D eigenvalue weighted by Crippen LogP contribution is -2.36. The first-order valence-electron chi connectivity index (χ1n) is 8.56. The van der Waals surface area contributed by atoms with Gasteiger partial charge in [-0.15, -0.1) is 0 Å². The highest BCUT2D eigenvalue weighted by Crippen LogP contribution is 2.26. The first-order chi connectivity index (χ1) is 12.6. The van der Waals surface area contributed by atoms with Crippen LogP contribution in [0.2, 0.25) is 0 Å². The average molecular weight is 354 g/mol. The largest absolute Gasteiger partial charge is 0.467 e. The second-order valence-electron chi connectivity index (χ2n) is 6.38. The maximum Gasteiger partial charge on any atom is 0.261 e. The molecule has 4 rings (SSSR count). The van der Waals surface area contributed by atoms with Gasteiger partial charge in [-0.1, -0.05) is 0 Å². The molecule has 26 heavy (non-hydrogen) atoms. The number of carbonyl (C=O) groups excluding carboxylic acids is 3. The number of nitrogens with one attached hydrogen (secondary N) is 1. The van der Waals surface area contributed by atoms with Gasteiger partial charge in [-0.2, -0.15) is 0 Å². The minimum absolute atomic E-state index is 0.103. The molecule has 0 saturated carbocycles. The van der Waals surface area contributed by atoms with Crippen LogP contribution in [0.15, 0.2) is 41.0 Å². The number of amides is 3. The molecule has 7 nitrogen and oxygen atoms in total. The first kappa shape index (κ1) is 16.5. The Morgan fingerprint density at radius 3 is 2.77 bits per heavy atom. The molecule has 7 heteroatoms. The van der Waals surface area contributed by atoms with Crippen molar-refractivity contribution in [2.24, 2.45) is 0 Å². The van der Waals surface area contributed by atoms with E-state index in [0.29, 0.717) is 23.5 Å². The Kier molecular flexibility index (Phi) is 4.30. The number of rotatable bonds is 5. The molecule has 1 fully saturated rings. The van der Waals surface area contributed by atoms with E-state index in [4.69, 9.17) is 9.15 Å². The highest BCUT2D eigenvalue weighted by atomic mass is 16.5. The number of fused-ring (bicyclic) bond motifs is 1. The van der Waals surface area contributed by atoms with Gasteiger partial charge in [-0.3, -0.25) is 19.3 Å². The van der Waals surface area contributed by atoms with Gasteiger partial charge in [0.1, 0.15) is 5.76 Å². The number of furan rings is 1.